The molecule has 3 N–H and O–H groups in total. The van der Waals surface area contributed by atoms with Crippen molar-refractivity contribution < 1.29 is 14.6 Å². The average molecular weight is 184 g/mol. The number of halogens is 1. The number of aliphatic hydroxyl groups excluding tert-OH is 1. The van der Waals surface area contributed by atoms with Gasteiger partial charge in [0.15, 0.2) is 0 Å². The number of rotatable bonds is 3. The summed E-state index contributed by atoms with van der Waals surface area (Å²) in [6, 6.07) is -0.901. The lowest BCUT2D eigenvalue weighted by atomic mass is 10.3. The Bertz CT molecular complexity index is 118. The highest BCUT2D eigenvalue weighted by Crippen LogP contribution is 1.91. The molecular weight excluding hydrogens is 170 g/mol. The van der Waals surface area contributed by atoms with Crippen LogP contribution in [0.15, 0.2) is 0 Å². The largest absolute Gasteiger partial charge is 0.462 e. The van der Waals surface area contributed by atoms with Crippen molar-refractivity contribution in [2.75, 3.05) is 6.61 Å². The normalized spacial score (nSPS) is 12.1. The van der Waals surface area contributed by atoms with Crippen LogP contribution in [0.25, 0.3) is 0 Å². The van der Waals surface area contributed by atoms with Crippen molar-refractivity contribution in [1.82, 2.24) is 0 Å². The van der Waals surface area contributed by atoms with Crippen LogP contribution in [-0.2, 0) is 9.53 Å². The molecule has 0 aliphatic carbocycles. The van der Waals surface area contributed by atoms with Crippen molar-refractivity contribution in [2.45, 2.75) is 26.0 Å². The zero-order valence-electron chi connectivity index (χ0n) is 6.61. The molecule has 0 saturated carbocycles. The summed E-state index contributed by atoms with van der Waals surface area (Å²) in [6.45, 7) is 3.08. The van der Waals surface area contributed by atoms with Gasteiger partial charge in [0.05, 0.1) is 12.7 Å². The highest BCUT2D eigenvalue weighted by molar-refractivity contribution is 5.85. The average Bonchev–Trinajstić information content (AvgIpc) is 1.85. The van der Waals surface area contributed by atoms with Crippen LogP contribution in [0.1, 0.15) is 13.8 Å². The minimum Gasteiger partial charge on any atom is -0.462 e. The summed E-state index contributed by atoms with van der Waals surface area (Å²) in [6.07, 6.45) is -0.176. The van der Waals surface area contributed by atoms with Gasteiger partial charge in [0.25, 0.3) is 0 Å². The van der Waals surface area contributed by atoms with Crippen LogP contribution in [-0.4, -0.2) is 29.8 Å². The second kappa shape index (κ2) is 6.39. The number of hydrogen-bond donors (Lipinski definition) is 2. The molecule has 0 radical (unpaired) electrons. The summed E-state index contributed by atoms with van der Waals surface area (Å²) in [5.41, 5.74) is 5.14. The molecule has 0 aromatic heterocycles. The fourth-order valence-electron chi connectivity index (χ4n) is 0.394. The van der Waals surface area contributed by atoms with Gasteiger partial charge >= 0.3 is 5.97 Å². The van der Waals surface area contributed by atoms with Crippen molar-refractivity contribution in [1.29, 1.82) is 0 Å². The van der Waals surface area contributed by atoms with E-state index in [1.807, 2.05) is 0 Å². The molecule has 0 aliphatic heterocycles. The van der Waals surface area contributed by atoms with Crippen LogP contribution < -0.4 is 5.73 Å². The molecule has 0 spiro atoms. The Hall–Kier alpha value is -0.320. The molecule has 68 valence electrons. The zero-order chi connectivity index (χ0) is 8.15. The predicted octanol–water partition coefficient (Wildman–Crippen LogP) is -0.321. The Kier molecular flexibility index (Phi) is 7.72. The van der Waals surface area contributed by atoms with E-state index in [0.29, 0.717) is 0 Å². The third-order valence-electron chi connectivity index (χ3n) is 0.851. The summed E-state index contributed by atoms with van der Waals surface area (Å²) in [7, 11) is 0. The lowest BCUT2D eigenvalue weighted by Gasteiger charge is -2.10. The number of nitrogens with two attached hydrogens (primary N) is 1. The molecular formula is C6H14ClNO3. The maximum Gasteiger partial charge on any atom is 0.325 e. The van der Waals surface area contributed by atoms with Gasteiger partial charge in [0.2, 0.25) is 0 Å². The van der Waals surface area contributed by atoms with Crippen LogP contribution in [0.3, 0.4) is 0 Å². The standard InChI is InChI=1S/C6H13NO3.ClH/c1-4(2)10-6(9)5(7)3-8;/h4-5,8H,3,7H2,1-2H3;1H/t5-;/m1./s1. The molecule has 0 rings (SSSR count). The molecule has 0 aromatic carbocycles. The number of carbonyl (C=O) groups is 1. The molecule has 1 atom stereocenters. The number of ether oxygens (including phenoxy) is 1. The van der Waals surface area contributed by atoms with E-state index >= 15 is 0 Å². The van der Waals surface area contributed by atoms with Gasteiger partial charge in [0.1, 0.15) is 6.04 Å². The smallest absolute Gasteiger partial charge is 0.325 e. The van der Waals surface area contributed by atoms with Gasteiger partial charge in [-0.15, -0.1) is 12.4 Å². The SMILES string of the molecule is CC(C)OC(=O)[C@H](N)CO.Cl. The van der Waals surface area contributed by atoms with Gasteiger partial charge in [-0.25, -0.2) is 0 Å². The van der Waals surface area contributed by atoms with E-state index in [-0.39, 0.29) is 25.1 Å². The first-order valence-corrected chi connectivity index (χ1v) is 3.15. The molecule has 0 heterocycles. The first kappa shape index (κ1) is 13.3. The third-order valence-corrected chi connectivity index (χ3v) is 0.851. The van der Waals surface area contributed by atoms with Gasteiger partial charge in [0, 0.05) is 0 Å². The van der Waals surface area contributed by atoms with Crippen LogP contribution in [0.2, 0.25) is 0 Å². The molecule has 0 saturated heterocycles. The van der Waals surface area contributed by atoms with Crippen LogP contribution in [0.5, 0.6) is 0 Å². The fourth-order valence-corrected chi connectivity index (χ4v) is 0.394. The molecule has 0 bridgehead atoms. The number of aliphatic hydroxyl groups is 1. The summed E-state index contributed by atoms with van der Waals surface area (Å²) in [5, 5.41) is 8.39. The summed E-state index contributed by atoms with van der Waals surface area (Å²) in [4.78, 5) is 10.7. The molecule has 0 amide bonds. The lowest BCUT2D eigenvalue weighted by Crippen LogP contribution is -2.36. The van der Waals surface area contributed by atoms with Gasteiger partial charge in [-0.2, -0.15) is 0 Å². The molecule has 0 fully saturated rings. The number of esters is 1. The molecule has 0 unspecified atom stereocenters. The highest BCUT2D eigenvalue weighted by atomic mass is 35.5. The molecule has 4 nitrogen and oxygen atoms in total. The van der Waals surface area contributed by atoms with E-state index in [9.17, 15) is 4.79 Å². The van der Waals surface area contributed by atoms with Crippen molar-refractivity contribution in [3.8, 4) is 0 Å². The second-order valence-corrected chi connectivity index (χ2v) is 2.27. The predicted molar refractivity (Wildman–Crippen MR) is 43.5 cm³/mol. The van der Waals surface area contributed by atoms with Crippen LogP contribution in [0, 0.1) is 0 Å². The lowest BCUT2D eigenvalue weighted by molar-refractivity contribution is -0.149. The van der Waals surface area contributed by atoms with E-state index in [0.717, 1.165) is 0 Å². The van der Waals surface area contributed by atoms with Gasteiger partial charge < -0.3 is 15.6 Å². The molecule has 11 heavy (non-hydrogen) atoms. The van der Waals surface area contributed by atoms with E-state index in [1.165, 1.54) is 0 Å². The van der Waals surface area contributed by atoms with Crippen molar-refractivity contribution in [3.63, 3.8) is 0 Å². The topological polar surface area (TPSA) is 72.5 Å². The Morgan fingerprint density at radius 3 is 2.36 bits per heavy atom. The Balaban J connectivity index is 0. The summed E-state index contributed by atoms with van der Waals surface area (Å²) in [5.74, 6) is -0.558. The van der Waals surface area contributed by atoms with Gasteiger partial charge in [-0.1, -0.05) is 0 Å². The number of carbonyl (C=O) groups excluding carboxylic acids is 1. The molecule has 0 aromatic rings. The quantitative estimate of drug-likeness (QED) is 0.589. The minimum absolute atomic E-state index is 0. The van der Waals surface area contributed by atoms with Crippen LogP contribution in [0.4, 0.5) is 0 Å². The fraction of sp³-hybridized carbons (Fsp3) is 0.833. The second-order valence-electron chi connectivity index (χ2n) is 2.27. The Labute approximate surface area is 72.1 Å². The summed E-state index contributed by atoms with van der Waals surface area (Å²) < 4.78 is 4.68. The minimum atomic E-state index is -0.901. The van der Waals surface area contributed by atoms with Gasteiger partial charge in [-0.3, -0.25) is 4.79 Å². The molecule has 0 aliphatic rings. The van der Waals surface area contributed by atoms with E-state index in [1.54, 1.807) is 13.8 Å². The Morgan fingerprint density at radius 2 is 2.09 bits per heavy atom. The maximum atomic E-state index is 10.7. The Morgan fingerprint density at radius 1 is 1.64 bits per heavy atom. The zero-order valence-corrected chi connectivity index (χ0v) is 7.43. The van der Waals surface area contributed by atoms with E-state index in [2.05, 4.69) is 4.74 Å². The first-order chi connectivity index (χ1) is 4.57. The van der Waals surface area contributed by atoms with Gasteiger partial charge in [-0.05, 0) is 13.8 Å². The monoisotopic (exact) mass is 183 g/mol. The number of hydrogen-bond acceptors (Lipinski definition) is 4. The van der Waals surface area contributed by atoms with Crippen molar-refractivity contribution in [2.24, 2.45) is 5.73 Å². The maximum absolute atomic E-state index is 10.7. The van der Waals surface area contributed by atoms with E-state index < -0.39 is 12.0 Å². The third kappa shape index (κ3) is 6.09. The van der Waals surface area contributed by atoms with Crippen molar-refractivity contribution >= 4 is 18.4 Å². The molecule has 5 heteroatoms. The van der Waals surface area contributed by atoms with Crippen LogP contribution >= 0.6 is 12.4 Å². The van der Waals surface area contributed by atoms with E-state index in [4.69, 9.17) is 10.8 Å². The van der Waals surface area contributed by atoms with Crippen molar-refractivity contribution in [3.05, 3.63) is 0 Å². The summed E-state index contributed by atoms with van der Waals surface area (Å²) >= 11 is 0. The first-order valence-electron chi connectivity index (χ1n) is 3.15. The highest BCUT2D eigenvalue weighted by Gasteiger charge is 2.14.